The summed E-state index contributed by atoms with van der Waals surface area (Å²) in [6, 6.07) is 44.0. The molecule has 0 bridgehead atoms. The first-order valence-electron chi connectivity index (χ1n) is 13.0. The van der Waals surface area contributed by atoms with Crippen molar-refractivity contribution in [2.75, 3.05) is 5.73 Å². The third-order valence-corrected chi connectivity index (χ3v) is 8.69. The van der Waals surface area contributed by atoms with Gasteiger partial charge in [0, 0.05) is 16.3 Å². The van der Waals surface area contributed by atoms with Gasteiger partial charge in [-0.05, 0) is 90.8 Å². The van der Waals surface area contributed by atoms with E-state index in [0.29, 0.717) is 0 Å². The van der Waals surface area contributed by atoms with E-state index in [1.165, 1.54) is 65.7 Å². The summed E-state index contributed by atoms with van der Waals surface area (Å²) < 4.78 is 0. The van der Waals surface area contributed by atoms with Gasteiger partial charge in [0.25, 0.3) is 0 Å². The van der Waals surface area contributed by atoms with Gasteiger partial charge in [0.15, 0.2) is 0 Å². The van der Waals surface area contributed by atoms with Crippen LogP contribution in [0, 0.1) is 6.92 Å². The fraction of sp³-hybridized carbons (Fsp3) is 0.0556. The average Bonchev–Trinajstić information content (AvgIpc) is 2.96. The van der Waals surface area contributed by atoms with Gasteiger partial charge in [-0.25, -0.2) is 0 Å². The molecule has 0 fully saturated rings. The van der Waals surface area contributed by atoms with Gasteiger partial charge in [0.05, 0.1) is 0 Å². The van der Waals surface area contributed by atoms with Gasteiger partial charge in [-0.15, -0.1) is 11.8 Å². The molecule has 182 valence electrons. The van der Waals surface area contributed by atoms with Crippen molar-refractivity contribution in [1.82, 2.24) is 0 Å². The smallest absolute Gasteiger partial charge is 0.0452 e. The van der Waals surface area contributed by atoms with Crippen LogP contribution in [0.2, 0.25) is 0 Å². The van der Waals surface area contributed by atoms with Crippen molar-refractivity contribution in [3.63, 3.8) is 0 Å². The normalized spacial score (nSPS) is 11.6. The summed E-state index contributed by atoms with van der Waals surface area (Å²) in [5.41, 5.74) is 14.8. The Morgan fingerprint density at radius 2 is 1.21 bits per heavy atom. The Labute approximate surface area is 227 Å². The minimum atomic E-state index is 0.836. The van der Waals surface area contributed by atoms with Crippen LogP contribution >= 0.6 is 11.8 Å². The van der Waals surface area contributed by atoms with Gasteiger partial charge < -0.3 is 5.73 Å². The third-order valence-electron chi connectivity index (χ3n) is 7.55. The lowest BCUT2D eigenvalue weighted by Gasteiger charge is -2.18. The molecule has 0 unspecified atom stereocenters. The standard InChI is InChI=1S/C36H27NS/c1-23-19-27-15-17-30-29(22-38-34-10-6-5-9-33(34)37)21-32(31-18-16-28(20-23)35(27)36(30)31)26-13-11-25(12-14-26)24-7-3-2-4-8-24/h2-21H,22,37H2,1H3. The van der Waals surface area contributed by atoms with E-state index < -0.39 is 0 Å². The largest absolute Gasteiger partial charge is 0.398 e. The van der Waals surface area contributed by atoms with Gasteiger partial charge in [-0.2, -0.15) is 0 Å². The molecule has 0 heterocycles. The number of benzene rings is 7. The molecule has 0 aliphatic heterocycles. The molecule has 0 amide bonds. The van der Waals surface area contributed by atoms with Crippen LogP contribution in [0.15, 0.2) is 126 Å². The maximum atomic E-state index is 6.29. The molecule has 1 nitrogen and oxygen atoms in total. The van der Waals surface area contributed by atoms with Crippen LogP contribution in [0.3, 0.4) is 0 Å². The van der Waals surface area contributed by atoms with Crippen LogP contribution in [-0.4, -0.2) is 0 Å². The Morgan fingerprint density at radius 3 is 1.95 bits per heavy atom. The average molecular weight is 506 g/mol. The molecular weight excluding hydrogens is 478 g/mol. The molecule has 0 saturated heterocycles. The number of nitrogen functional groups attached to an aromatic ring is 1. The van der Waals surface area contributed by atoms with Gasteiger partial charge in [-0.1, -0.05) is 103 Å². The monoisotopic (exact) mass is 505 g/mol. The molecule has 0 atom stereocenters. The Bertz CT molecular complexity index is 1900. The first kappa shape index (κ1) is 22.9. The number of anilines is 1. The second-order valence-electron chi connectivity index (χ2n) is 10.0. The zero-order valence-corrected chi connectivity index (χ0v) is 22.1. The molecule has 0 aliphatic rings. The summed E-state index contributed by atoms with van der Waals surface area (Å²) in [6.45, 7) is 2.18. The van der Waals surface area contributed by atoms with Crippen molar-refractivity contribution in [3.05, 3.63) is 132 Å². The number of rotatable bonds is 5. The maximum absolute atomic E-state index is 6.29. The topological polar surface area (TPSA) is 26.0 Å². The quantitative estimate of drug-likeness (QED) is 0.143. The highest BCUT2D eigenvalue weighted by atomic mass is 32.2. The van der Waals surface area contributed by atoms with E-state index in [0.717, 1.165) is 16.3 Å². The first-order valence-corrected chi connectivity index (χ1v) is 14.0. The number of hydrogen-bond donors (Lipinski definition) is 1. The summed E-state index contributed by atoms with van der Waals surface area (Å²) in [4.78, 5) is 1.13. The second-order valence-corrected chi connectivity index (χ2v) is 11.1. The summed E-state index contributed by atoms with van der Waals surface area (Å²) in [5, 5.41) is 7.97. The molecule has 7 aromatic carbocycles. The van der Waals surface area contributed by atoms with Crippen LogP contribution in [0.4, 0.5) is 5.69 Å². The summed E-state index contributed by atoms with van der Waals surface area (Å²) in [6.07, 6.45) is 0. The molecule has 7 aromatic rings. The maximum Gasteiger partial charge on any atom is 0.0452 e. The van der Waals surface area contributed by atoms with Gasteiger partial charge in [-0.3, -0.25) is 0 Å². The van der Waals surface area contributed by atoms with E-state index in [9.17, 15) is 0 Å². The summed E-state index contributed by atoms with van der Waals surface area (Å²) in [7, 11) is 0. The zero-order chi connectivity index (χ0) is 25.6. The Balaban J connectivity index is 1.43. The lowest BCUT2D eigenvalue weighted by molar-refractivity contribution is 1.41. The summed E-state index contributed by atoms with van der Waals surface area (Å²) in [5.74, 6) is 0.858. The lowest BCUT2D eigenvalue weighted by atomic mass is 9.87. The van der Waals surface area contributed by atoms with Crippen molar-refractivity contribution < 1.29 is 0 Å². The SMILES string of the molecule is Cc1cc2ccc3c(CSc4ccccc4N)cc(-c4ccc(-c5ccccc5)cc4)c4ccc(c1)c2c34. The number of nitrogens with two attached hydrogens (primary N) is 1. The van der Waals surface area contributed by atoms with Crippen LogP contribution in [0.25, 0.3) is 54.6 Å². The Kier molecular flexibility index (Phi) is 5.56. The van der Waals surface area contributed by atoms with E-state index in [4.69, 9.17) is 5.73 Å². The molecule has 0 aromatic heterocycles. The van der Waals surface area contributed by atoms with E-state index in [-0.39, 0.29) is 0 Å². The molecule has 2 N–H and O–H groups in total. The zero-order valence-electron chi connectivity index (χ0n) is 21.2. The Morgan fingerprint density at radius 1 is 0.579 bits per heavy atom. The van der Waals surface area contributed by atoms with Crippen molar-refractivity contribution in [2.24, 2.45) is 0 Å². The molecule has 7 rings (SSSR count). The minimum absolute atomic E-state index is 0.836. The fourth-order valence-corrected chi connectivity index (χ4v) is 6.70. The predicted molar refractivity (Wildman–Crippen MR) is 166 cm³/mol. The first-order chi connectivity index (χ1) is 18.7. The van der Waals surface area contributed by atoms with E-state index in [2.05, 4.69) is 116 Å². The van der Waals surface area contributed by atoms with Gasteiger partial charge >= 0.3 is 0 Å². The highest BCUT2D eigenvalue weighted by molar-refractivity contribution is 7.98. The van der Waals surface area contributed by atoms with Crippen LogP contribution in [-0.2, 0) is 5.75 Å². The van der Waals surface area contributed by atoms with Crippen molar-refractivity contribution >= 4 is 49.8 Å². The van der Waals surface area contributed by atoms with E-state index in [1.54, 1.807) is 0 Å². The van der Waals surface area contributed by atoms with Crippen molar-refractivity contribution in [3.8, 4) is 22.3 Å². The minimum Gasteiger partial charge on any atom is -0.398 e. The number of para-hydroxylation sites is 1. The van der Waals surface area contributed by atoms with Gasteiger partial charge in [0.1, 0.15) is 0 Å². The Hall–Kier alpha value is -4.27. The van der Waals surface area contributed by atoms with Crippen LogP contribution in [0.5, 0.6) is 0 Å². The highest BCUT2D eigenvalue weighted by Crippen LogP contribution is 2.43. The highest BCUT2D eigenvalue weighted by Gasteiger charge is 2.16. The molecule has 0 spiro atoms. The third kappa shape index (κ3) is 3.89. The molecule has 2 heteroatoms. The molecule has 38 heavy (non-hydrogen) atoms. The van der Waals surface area contributed by atoms with Crippen LogP contribution < -0.4 is 5.73 Å². The van der Waals surface area contributed by atoms with E-state index in [1.807, 2.05) is 23.9 Å². The van der Waals surface area contributed by atoms with E-state index >= 15 is 0 Å². The van der Waals surface area contributed by atoms with Crippen molar-refractivity contribution in [2.45, 2.75) is 17.6 Å². The summed E-state index contributed by atoms with van der Waals surface area (Å²) >= 11 is 1.81. The van der Waals surface area contributed by atoms with Crippen LogP contribution in [0.1, 0.15) is 11.1 Å². The molecule has 0 radical (unpaired) electrons. The van der Waals surface area contributed by atoms with Gasteiger partial charge in [0.2, 0.25) is 0 Å². The number of hydrogen-bond acceptors (Lipinski definition) is 2. The predicted octanol–water partition coefficient (Wildman–Crippen LogP) is 10.1. The second kappa shape index (κ2) is 9.24. The number of thioether (sulfide) groups is 1. The fourth-order valence-electron chi connectivity index (χ4n) is 5.74. The molecular formula is C36H27NS. The van der Waals surface area contributed by atoms with Crippen molar-refractivity contribution in [1.29, 1.82) is 0 Å². The number of aryl methyl sites for hydroxylation is 1. The lowest BCUT2D eigenvalue weighted by Crippen LogP contribution is -1.94. The molecule has 0 aliphatic carbocycles. The molecule has 0 saturated carbocycles.